The summed E-state index contributed by atoms with van der Waals surface area (Å²) in [5.41, 5.74) is 1.32. The van der Waals surface area contributed by atoms with Crippen molar-refractivity contribution in [3.8, 4) is 0 Å². The number of ether oxygens (including phenoxy) is 1. The molecular weight excluding hydrogens is 358 g/mol. The summed E-state index contributed by atoms with van der Waals surface area (Å²) in [6.45, 7) is 8.41. The standard InChI is InChI=1S/C26H40NO2/c1-4-16-27(19(2)3)21-14-15-22(27)18-23(17-21)29-26(28)25-13-9-8-12-24(25)20-10-6-5-7-11-20/h5-7,10-11,19,21-25H,4,8-9,12-18H2,1-3H3/q+1/t21-,22+,23?,24?,25?,27?. The molecule has 0 aromatic heterocycles. The lowest BCUT2D eigenvalue weighted by atomic mass is 9.75. The van der Waals surface area contributed by atoms with E-state index >= 15 is 0 Å². The molecule has 0 amide bonds. The van der Waals surface area contributed by atoms with Gasteiger partial charge in [0.05, 0.1) is 30.6 Å². The molecule has 0 spiro atoms. The summed E-state index contributed by atoms with van der Waals surface area (Å²) in [5.74, 6) is 0.470. The molecule has 1 aliphatic carbocycles. The van der Waals surface area contributed by atoms with Crippen molar-refractivity contribution in [3.63, 3.8) is 0 Å². The number of benzene rings is 1. The third-order valence-corrected chi connectivity index (χ3v) is 8.41. The Balaban J connectivity index is 1.44. The van der Waals surface area contributed by atoms with Crippen LogP contribution in [0.15, 0.2) is 30.3 Å². The number of hydrogen-bond acceptors (Lipinski definition) is 2. The van der Waals surface area contributed by atoms with Crippen LogP contribution >= 0.6 is 0 Å². The maximum atomic E-state index is 13.3. The minimum atomic E-state index is 0.0470. The fraction of sp³-hybridized carbons (Fsp3) is 0.731. The number of nitrogens with zero attached hydrogens (tertiary/aromatic N) is 1. The minimum absolute atomic E-state index is 0.0470. The zero-order chi connectivity index (χ0) is 20.4. The number of carbonyl (C=O) groups excluding carboxylic acids is 1. The Morgan fingerprint density at radius 2 is 1.69 bits per heavy atom. The number of piperidine rings is 1. The Bertz CT molecular complexity index is 671. The first-order chi connectivity index (χ1) is 14.1. The molecule has 1 aromatic rings. The molecule has 2 bridgehead atoms. The van der Waals surface area contributed by atoms with Crippen molar-refractivity contribution in [2.45, 2.75) is 109 Å². The van der Waals surface area contributed by atoms with Crippen molar-refractivity contribution in [2.75, 3.05) is 6.54 Å². The monoisotopic (exact) mass is 398 g/mol. The van der Waals surface area contributed by atoms with E-state index in [4.69, 9.17) is 4.74 Å². The average molecular weight is 399 g/mol. The SMILES string of the molecule is CCC[N+]1(C(C)C)[C@@H]2CC[C@H]1CC(OC(=O)C1CCCCC1c1ccccc1)C2. The molecule has 3 heteroatoms. The van der Waals surface area contributed by atoms with Gasteiger partial charge in [-0.05, 0) is 44.6 Å². The molecule has 3 aliphatic rings. The molecule has 29 heavy (non-hydrogen) atoms. The van der Waals surface area contributed by atoms with Crippen molar-refractivity contribution in [1.82, 2.24) is 0 Å². The van der Waals surface area contributed by atoms with Crippen molar-refractivity contribution in [3.05, 3.63) is 35.9 Å². The number of carbonyl (C=O) groups is 1. The van der Waals surface area contributed by atoms with Crippen LogP contribution in [-0.2, 0) is 9.53 Å². The summed E-state index contributed by atoms with van der Waals surface area (Å²) < 4.78 is 7.54. The number of rotatable bonds is 6. The fourth-order valence-corrected chi connectivity index (χ4v) is 7.21. The van der Waals surface area contributed by atoms with Crippen LogP contribution in [0.1, 0.15) is 90.0 Å². The molecule has 4 rings (SSSR count). The van der Waals surface area contributed by atoms with Gasteiger partial charge in [-0.3, -0.25) is 4.79 Å². The van der Waals surface area contributed by atoms with Crippen LogP contribution in [0.25, 0.3) is 0 Å². The molecule has 0 N–H and O–H groups in total. The van der Waals surface area contributed by atoms with Gasteiger partial charge in [0.1, 0.15) is 6.10 Å². The fourth-order valence-electron chi connectivity index (χ4n) is 7.21. The Kier molecular flexibility index (Phi) is 6.34. The number of quaternary nitrogens is 1. The maximum absolute atomic E-state index is 13.3. The summed E-state index contributed by atoms with van der Waals surface area (Å²) in [5, 5.41) is 0. The summed E-state index contributed by atoms with van der Waals surface area (Å²) in [7, 11) is 0. The normalized spacial score (nSPS) is 36.9. The van der Waals surface area contributed by atoms with E-state index in [1.54, 1.807) is 0 Å². The smallest absolute Gasteiger partial charge is 0.309 e. The molecule has 6 atom stereocenters. The number of fused-ring (bicyclic) bond motifs is 2. The van der Waals surface area contributed by atoms with Gasteiger partial charge < -0.3 is 9.22 Å². The first kappa shape index (κ1) is 20.9. The highest BCUT2D eigenvalue weighted by molar-refractivity contribution is 5.74. The van der Waals surface area contributed by atoms with Crippen LogP contribution < -0.4 is 0 Å². The second-order valence-electron chi connectivity index (χ2n) is 10.1. The molecule has 2 aliphatic heterocycles. The molecule has 160 valence electrons. The second kappa shape index (κ2) is 8.79. The Hall–Kier alpha value is -1.35. The predicted octanol–water partition coefficient (Wildman–Crippen LogP) is 5.83. The quantitative estimate of drug-likeness (QED) is 0.445. The van der Waals surface area contributed by atoms with E-state index in [-0.39, 0.29) is 18.0 Å². The minimum Gasteiger partial charge on any atom is -0.462 e. The average Bonchev–Trinajstić information content (AvgIpc) is 2.93. The van der Waals surface area contributed by atoms with Crippen LogP contribution in [-0.4, -0.2) is 41.2 Å². The van der Waals surface area contributed by atoms with Crippen LogP contribution in [0.3, 0.4) is 0 Å². The highest BCUT2D eigenvalue weighted by Gasteiger charge is 2.56. The van der Waals surface area contributed by atoms with Crippen molar-refractivity contribution in [2.24, 2.45) is 5.92 Å². The predicted molar refractivity (Wildman–Crippen MR) is 118 cm³/mol. The molecule has 3 nitrogen and oxygen atoms in total. The summed E-state index contributed by atoms with van der Waals surface area (Å²) in [6.07, 6.45) is 10.6. The van der Waals surface area contributed by atoms with Gasteiger partial charge >= 0.3 is 5.97 Å². The molecule has 2 saturated heterocycles. The van der Waals surface area contributed by atoms with Crippen LogP contribution in [0.5, 0.6) is 0 Å². The van der Waals surface area contributed by atoms with Crippen LogP contribution in [0.4, 0.5) is 0 Å². The number of esters is 1. The van der Waals surface area contributed by atoms with Gasteiger partial charge in [0.2, 0.25) is 0 Å². The Morgan fingerprint density at radius 3 is 2.31 bits per heavy atom. The lowest BCUT2D eigenvalue weighted by Crippen LogP contribution is -2.65. The molecular formula is C26H40NO2+. The first-order valence-electron chi connectivity index (χ1n) is 12.2. The van der Waals surface area contributed by atoms with Crippen molar-refractivity contribution >= 4 is 5.97 Å². The second-order valence-corrected chi connectivity index (χ2v) is 10.1. The van der Waals surface area contributed by atoms with E-state index in [1.807, 2.05) is 0 Å². The van der Waals surface area contributed by atoms with E-state index in [9.17, 15) is 4.79 Å². The van der Waals surface area contributed by atoms with E-state index in [0.717, 1.165) is 32.1 Å². The highest BCUT2D eigenvalue weighted by atomic mass is 16.5. The summed E-state index contributed by atoms with van der Waals surface area (Å²) in [6, 6.07) is 12.7. The van der Waals surface area contributed by atoms with E-state index in [2.05, 4.69) is 51.1 Å². The zero-order valence-corrected chi connectivity index (χ0v) is 18.7. The topological polar surface area (TPSA) is 26.3 Å². The molecule has 0 radical (unpaired) electrons. The number of hydrogen-bond donors (Lipinski definition) is 0. The van der Waals surface area contributed by atoms with E-state index in [1.165, 1.54) is 42.3 Å². The van der Waals surface area contributed by atoms with Crippen molar-refractivity contribution in [1.29, 1.82) is 0 Å². The largest absolute Gasteiger partial charge is 0.462 e. The van der Waals surface area contributed by atoms with Crippen LogP contribution in [0, 0.1) is 5.92 Å². The van der Waals surface area contributed by atoms with Crippen molar-refractivity contribution < 1.29 is 14.0 Å². The third kappa shape index (κ3) is 3.87. The molecule has 1 saturated carbocycles. The Morgan fingerprint density at radius 1 is 1.03 bits per heavy atom. The maximum Gasteiger partial charge on any atom is 0.309 e. The van der Waals surface area contributed by atoms with Gasteiger partial charge in [-0.1, -0.05) is 50.1 Å². The van der Waals surface area contributed by atoms with E-state index in [0.29, 0.717) is 24.0 Å². The molecule has 4 unspecified atom stereocenters. The Labute approximate surface area is 177 Å². The van der Waals surface area contributed by atoms with Crippen LogP contribution in [0.2, 0.25) is 0 Å². The van der Waals surface area contributed by atoms with Gasteiger partial charge in [-0.15, -0.1) is 0 Å². The van der Waals surface area contributed by atoms with Gasteiger partial charge in [0.25, 0.3) is 0 Å². The van der Waals surface area contributed by atoms with E-state index < -0.39 is 0 Å². The summed E-state index contributed by atoms with van der Waals surface area (Å²) >= 11 is 0. The lowest BCUT2D eigenvalue weighted by molar-refractivity contribution is -0.985. The molecule has 3 fully saturated rings. The molecule has 1 aromatic carbocycles. The highest BCUT2D eigenvalue weighted by Crippen LogP contribution is 2.46. The third-order valence-electron chi connectivity index (χ3n) is 8.41. The zero-order valence-electron chi connectivity index (χ0n) is 18.7. The first-order valence-corrected chi connectivity index (χ1v) is 12.2. The van der Waals surface area contributed by atoms with Gasteiger partial charge in [0.15, 0.2) is 0 Å². The van der Waals surface area contributed by atoms with Gasteiger partial charge in [0, 0.05) is 25.7 Å². The summed E-state index contributed by atoms with van der Waals surface area (Å²) in [4.78, 5) is 13.3. The van der Waals surface area contributed by atoms with Gasteiger partial charge in [-0.2, -0.15) is 0 Å². The molecule has 2 heterocycles. The van der Waals surface area contributed by atoms with Gasteiger partial charge in [-0.25, -0.2) is 0 Å². The lowest BCUT2D eigenvalue weighted by Gasteiger charge is -2.52.